The van der Waals surface area contributed by atoms with Gasteiger partial charge < -0.3 is 4.18 Å². The highest BCUT2D eigenvalue weighted by atomic mass is 32.2. The van der Waals surface area contributed by atoms with Crippen LogP contribution in [0.1, 0.15) is 15.9 Å². The fourth-order valence-corrected chi connectivity index (χ4v) is 2.50. The third-order valence-corrected chi connectivity index (χ3v) is 3.49. The van der Waals surface area contributed by atoms with Gasteiger partial charge in [0.15, 0.2) is 5.78 Å². The average molecular weight is 254 g/mol. The zero-order valence-electron chi connectivity index (χ0n) is 9.50. The summed E-state index contributed by atoms with van der Waals surface area (Å²) in [5.41, 5.74) is 2.16. The highest BCUT2D eigenvalue weighted by Gasteiger charge is 2.21. The first-order valence-electron chi connectivity index (χ1n) is 5.59. The van der Waals surface area contributed by atoms with E-state index in [2.05, 4.69) is 0 Å². The van der Waals surface area contributed by atoms with Crippen molar-refractivity contribution in [2.24, 2.45) is 0 Å². The lowest BCUT2D eigenvalue weighted by molar-refractivity contribution is 0.105. The van der Waals surface area contributed by atoms with Gasteiger partial charge in [-0.25, -0.2) is 0 Å². The van der Waals surface area contributed by atoms with E-state index in [1.54, 1.807) is 0 Å². The highest BCUT2D eigenvalue weighted by molar-refractivity contribution is 7.94. The summed E-state index contributed by atoms with van der Waals surface area (Å²) >= 11 is 1.21. The van der Waals surface area contributed by atoms with E-state index in [-0.39, 0.29) is 5.78 Å². The highest BCUT2D eigenvalue weighted by Crippen LogP contribution is 2.32. The molecule has 88 valence electrons. The van der Waals surface area contributed by atoms with Crippen molar-refractivity contribution in [2.75, 3.05) is 0 Å². The van der Waals surface area contributed by atoms with Crippen LogP contribution >= 0.6 is 12.0 Å². The van der Waals surface area contributed by atoms with Crippen molar-refractivity contribution in [1.29, 1.82) is 0 Å². The second-order valence-corrected chi connectivity index (χ2v) is 4.70. The predicted molar refractivity (Wildman–Crippen MR) is 72.1 cm³/mol. The summed E-state index contributed by atoms with van der Waals surface area (Å²) in [6.45, 7) is 0. The van der Waals surface area contributed by atoms with E-state index < -0.39 is 0 Å². The Morgan fingerprint density at radius 3 is 2.44 bits per heavy atom. The van der Waals surface area contributed by atoms with Crippen LogP contribution < -0.4 is 0 Å². The van der Waals surface area contributed by atoms with Gasteiger partial charge in [0.25, 0.3) is 0 Å². The molecule has 0 radical (unpaired) electrons. The van der Waals surface area contributed by atoms with Gasteiger partial charge >= 0.3 is 0 Å². The molecule has 1 aliphatic rings. The van der Waals surface area contributed by atoms with Gasteiger partial charge in [0.2, 0.25) is 0 Å². The van der Waals surface area contributed by atoms with Crippen LogP contribution in [-0.2, 0) is 4.18 Å². The molecule has 1 heterocycles. The van der Waals surface area contributed by atoms with Gasteiger partial charge in [0, 0.05) is 5.56 Å². The second kappa shape index (κ2) is 4.70. The van der Waals surface area contributed by atoms with Crippen molar-refractivity contribution in [3.8, 4) is 0 Å². The lowest BCUT2D eigenvalue weighted by Gasteiger charge is -2.04. The summed E-state index contributed by atoms with van der Waals surface area (Å²) in [6, 6.07) is 17.0. The minimum atomic E-state index is 0.00167. The second-order valence-electron chi connectivity index (χ2n) is 3.90. The molecule has 0 saturated carbocycles. The van der Waals surface area contributed by atoms with E-state index in [0.29, 0.717) is 11.1 Å². The van der Waals surface area contributed by atoms with Crippen LogP contribution in [0.2, 0.25) is 0 Å². The molecule has 0 aliphatic carbocycles. The van der Waals surface area contributed by atoms with Crippen LogP contribution in [0.3, 0.4) is 0 Å². The van der Waals surface area contributed by atoms with Gasteiger partial charge in [0.05, 0.1) is 22.5 Å². The van der Waals surface area contributed by atoms with Gasteiger partial charge in [-0.3, -0.25) is 4.79 Å². The molecule has 0 saturated heterocycles. The lowest BCUT2D eigenvalue weighted by Crippen LogP contribution is -2.02. The van der Waals surface area contributed by atoms with Crippen molar-refractivity contribution in [3.05, 3.63) is 72.0 Å². The van der Waals surface area contributed by atoms with E-state index in [9.17, 15) is 4.79 Å². The fourth-order valence-electron chi connectivity index (χ4n) is 1.87. The summed E-state index contributed by atoms with van der Waals surface area (Å²) in [5, 5.41) is 0. The molecule has 0 fully saturated rings. The van der Waals surface area contributed by atoms with Gasteiger partial charge in [-0.05, 0) is 17.7 Å². The maximum absolute atomic E-state index is 12.5. The van der Waals surface area contributed by atoms with Crippen LogP contribution in [0, 0.1) is 0 Å². The molecular formula is C15H10O2S. The molecule has 0 bridgehead atoms. The Labute approximate surface area is 109 Å². The number of fused-ring (bicyclic) bond motifs is 1. The summed E-state index contributed by atoms with van der Waals surface area (Å²) in [7, 11) is 0. The number of carbonyl (C=O) groups is 1. The lowest BCUT2D eigenvalue weighted by atomic mass is 9.98. The molecule has 0 N–H and O–H groups in total. The molecule has 3 rings (SSSR count). The van der Waals surface area contributed by atoms with E-state index >= 15 is 0 Å². The summed E-state index contributed by atoms with van der Waals surface area (Å²) in [4.78, 5) is 13.3. The molecule has 0 atom stereocenters. The van der Waals surface area contributed by atoms with Crippen LogP contribution in [0.4, 0.5) is 0 Å². The molecule has 18 heavy (non-hydrogen) atoms. The van der Waals surface area contributed by atoms with Crippen molar-refractivity contribution < 1.29 is 8.98 Å². The minimum absolute atomic E-state index is 0.00167. The fraction of sp³-hybridized carbons (Fsp3) is 0. The molecule has 0 spiro atoms. The van der Waals surface area contributed by atoms with E-state index in [1.807, 2.05) is 54.6 Å². The van der Waals surface area contributed by atoms with Crippen molar-refractivity contribution >= 4 is 23.4 Å². The maximum atomic E-state index is 12.5. The number of Topliss-reactive ketones (excluding diaryl/α,β-unsaturated/α-hetero) is 1. The first-order chi connectivity index (χ1) is 8.86. The molecule has 2 aromatic carbocycles. The van der Waals surface area contributed by atoms with Crippen LogP contribution in [-0.4, -0.2) is 5.78 Å². The molecule has 0 amide bonds. The Kier molecular flexibility index (Phi) is 2.90. The SMILES string of the molecule is O=C1C(c2ccccc2)=COSc2ccccc21. The Morgan fingerprint density at radius 1 is 0.889 bits per heavy atom. The zero-order chi connectivity index (χ0) is 12.4. The largest absolute Gasteiger partial charge is 0.427 e. The normalized spacial score (nSPS) is 14.2. The van der Waals surface area contributed by atoms with Gasteiger partial charge in [-0.1, -0.05) is 42.5 Å². The third kappa shape index (κ3) is 1.93. The molecule has 0 aromatic heterocycles. The van der Waals surface area contributed by atoms with E-state index in [4.69, 9.17) is 4.18 Å². The molecule has 3 heteroatoms. The monoisotopic (exact) mass is 254 g/mol. The molecule has 0 unspecified atom stereocenters. The van der Waals surface area contributed by atoms with Crippen molar-refractivity contribution in [1.82, 2.24) is 0 Å². The number of hydrogen-bond acceptors (Lipinski definition) is 3. The van der Waals surface area contributed by atoms with Crippen LogP contribution in [0.5, 0.6) is 0 Å². The molecule has 2 aromatic rings. The maximum Gasteiger partial charge on any atom is 0.198 e. The van der Waals surface area contributed by atoms with Crippen molar-refractivity contribution in [2.45, 2.75) is 4.90 Å². The topological polar surface area (TPSA) is 26.3 Å². The molecular weight excluding hydrogens is 244 g/mol. The van der Waals surface area contributed by atoms with E-state index in [0.717, 1.165) is 10.5 Å². The first kappa shape index (κ1) is 11.1. The van der Waals surface area contributed by atoms with E-state index in [1.165, 1.54) is 18.3 Å². The minimum Gasteiger partial charge on any atom is -0.427 e. The zero-order valence-corrected chi connectivity index (χ0v) is 10.3. The van der Waals surface area contributed by atoms with Crippen LogP contribution in [0.25, 0.3) is 5.57 Å². The number of rotatable bonds is 1. The number of ketones is 1. The van der Waals surface area contributed by atoms with Gasteiger partial charge in [0.1, 0.15) is 6.26 Å². The number of benzene rings is 2. The first-order valence-corrected chi connectivity index (χ1v) is 6.33. The smallest absolute Gasteiger partial charge is 0.198 e. The van der Waals surface area contributed by atoms with Crippen molar-refractivity contribution in [3.63, 3.8) is 0 Å². The number of allylic oxidation sites excluding steroid dienone is 1. The number of hydrogen-bond donors (Lipinski definition) is 0. The van der Waals surface area contributed by atoms with Crippen LogP contribution in [0.15, 0.2) is 65.8 Å². The summed E-state index contributed by atoms with van der Waals surface area (Å²) in [6.07, 6.45) is 1.53. The quantitative estimate of drug-likeness (QED) is 0.721. The Balaban J connectivity index is 2.09. The standard InChI is InChI=1S/C15H10O2S/c16-15-12-8-4-5-9-14(12)18-17-10-13(15)11-6-2-1-3-7-11/h1-10H. The molecule has 1 aliphatic heterocycles. The average Bonchev–Trinajstić information content (AvgIpc) is 2.60. The Morgan fingerprint density at radius 2 is 1.61 bits per heavy atom. The Bertz CT molecular complexity index is 617. The molecule has 2 nitrogen and oxygen atoms in total. The van der Waals surface area contributed by atoms with Gasteiger partial charge in [-0.15, -0.1) is 0 Å². The summed E-state index contributed by atoms with van der Waals surface area (Å²) in [5.74, 6) is 0.00167. The van der Waals surface area contributed by atoms with Gasteiger partial charge in [-0.2, -0.15) is 0 Å². The number of carbonyl (C=O) groups excluding carboxylic acids is 1. The Hall–Kier alpha value is -2.00. The predicted octanol–water partition coefficient (Wildman–Crippen LogP) is 3.95. The third-order valence-electron chi connectivity index (χ3n) is 2.76. The summed E-state index contributed by atoms with van der Waals surface area (Å²) < 4.78 is 5.39.